The summed E-state index contributed by atoms with van der Waals surface area (Å²) in [4.78, 5) is 24.4. The van der Waals surface area contributed by atoms with E-state index in [0.717, 1.165) is 11.1 Å². The first-order chi connectivity index (χ1) is 13.9. The van der Waals surface area contributed by atoms with Crippen LogP contribution in [0.3, 0.4) is 0 Å². The van der Waals surface area contributed by atoms with Gasteiger partial charge in [-0.1, -0.05) is 40.2 Å². The van der Waals surface area contributed by atoms with Crippen LogP contribution in [-0.4, -0.2) is 36.3 Å². The van der Waals surface area contributed by atoms with Crippen LogP contribution in [0.4, 0.5) is 14.9 Å². The first-order valence-corrected chi connectivity index (χ1v) is 9.76. The number of rotatable bonds is 6. The van der Waals surface area contributed by atoms with E-state index >= 15 is 0 Å². The Balaban J connectivity index is 1.74. The number of halogens is 2. The molecular formula is C21H20BrFN2O4. The molecule has 0 radical (unpaired) electrons. The van der Waals surface area contributed by atoms with Gasteiger partial charge >= 0.3 is 6.09 Å². The summed E-state index contributed by atoms with van der Waals surface area (Å²) in [5.74, 6) is -0.692. The van der Waals surface area contributed by atoms with Crippen LogP contribution in [-0.2, 0) is 16.1 Å². The molecule has 0 unspecified atom stereocenters. The Morgan fingerprint density at radius 3 is 2.69 bits per heavy atom. The summed E-state index contributed by atoms with van der Waals surface area (Å²) in [6, 6.07) is 11.7. The molecule has 0 bridgehead atoms. The number of nitrogens with one attached hydrogen (secondary N) is 1. The van der Waals surface area contributed by atoms with E-state index in [1.54, 1.807) is 30.3 Å². The topological polar surface area (TPSA) is 78.9 Å². The van der Waals surface area contributed by atoms with Crippen LogP contribution < -0.4 is 10.2 Å². The highest BCUT2D eigenvalue weighted by molar-refractivity contribution is 9.15. The molecule has 1 fully saturated rings. The molecule has 6 nitrogen and oxygen atoms in total. The molecule has 2 aromatic rings. The zero-order valence-corrected chi connectivity index (χ0v) is 17.3. The number of amides is 2. The Morgan fingerprint density at radius 1 is 1.34 bits per heavy atom. The molecule has 0 spiro atoms. The van der Waals surface area contributed by atoms with Gasteiger partial charge in [-0.25, -0.2) is 9.18 Å². The van der Waals surface area contributed by atoms with Gasteiger partial charge in [0, 0.05) is 17.0 Å². The molecule has 2 amide bonds. The molecule has 1 atom stereocenters. The number of aliphatic hydroxyl groups is 1. The maximum absolute atomic E-state index is 14.6. The van der Waals surface area contributed by atoms with Gasteiger partial charge in [0.2, 0.25) is 5.91 Å². The Kier molecular flexibility index (Phi) is 6.66. The number of benzene rings is 2. The maximum atomic E-state index is 14.6. The van der Waals surface area contributed by atoms with E-state index in [1.165, 1.54) is 17.9 Å². The third-order valence-corrected chi connectivity index (χ3v) is 5.13. The summed E-state index contributed by atoms with van der Waals surface area (Å²) in [5.41, 5.74) is 2.38. The molecule has 1 aliphatic heterocycles. The monoisotopic (exact) mass is 462 g/mol. The average molecular weight is 463 g/mol. The second-order valence-corrected chi connectivity index (χ2v) is 7.46. The third kappa shape index (κ3) is 5.21. The number of hydrogen-bond donors (Lipinski definition) is 2. The summed E-state index contributed by atoms with van der Waals surface area (Å²) in [5, 5.41) is 11.7. The van der Waals surface area contributed by atoms with Crippen molar-refractivity contribution in [1.29, 1.82) is 0 Å². The lowest BCUT2D eigenvalue weighted by atomic mass is 10.1. The molecule has 2 N–H and O–H groups in total. The number of ether oxygens (including phenoxy) is 1. The smallest absolute Gasteiger partial charge is 0.414 e. The predicted octanol–water partition coefficient (Wildman–Crippen LogP) is 3.67. The van der Waals surface area contributed by atoms with Gasteiger partial charge < -0.3 is 15.2 Å². The summed E-state index contributed by atoms with van der Waals surface area (Å²) < 4.78 is 20.5. The van der Waals surface area contributed by atoms with Crippen molar-refractivity contribution in [2.24, 2.45) is 0 Å². The zero-order valence-electron chi connectivity index (χ0n) is 15.7. The van der Waals surface area contributed by atoms with E-state index in [1.807, 2.05) is 12.1 Å². The van der Waals surface area contributed by atoms with Crippen LogP contribution in [0.25, 0.3) is 10.6 Å². The highest BCUT2D eigenvalue weighted by Gasteiger charge is 2.32. The molecule has 1 heterocycles. The van der Waals surface area contributed by atoms with E-state index in [9.17, 15) is 14.0 Å². The van der Waals surface area contributed by atoms with E-state index in [4.69, 9.17) is 9.84 Å². The lowest BCUT2D eigenvalue weighted by Crippen LogP contribution is -2.33. The van der Waals surface area contributed by atoms with Crippen LogP contribution >= 0.6 is 15.9 Å². The van der Waals surface area contributed by atoms with Crippen LogP contribution in [0, 0.1) is 5.82 Å². The molecule has 152 valence electrons. The lowest BCUT2D eigenvalue weighted by molar-refractivity contribution is -0.119. The van der Waals surface area contributed by atoms with E-state index in [2.05, 4.69) is 21.2 Å². The number of cyclic esters (lactones) is 1. The number of carbonyl (C=O) groups is 2. The molecule has 29 heavy (non-hydrogen) atoms. The number of aliphatic hydroxyl groups excluding tert-OH is 1. The van der Waals surface area contributed by atoms with Crippen molar-refractivity contribution in [3.8, 4) is 0 Å². The average Bonchev–Trinajstić information content (AvgIpc) is 3.08. The predicted molar refractivity (Wildman–Crippen MR) is 112 cm³/mol. The van der Waals surface area contributed by atoms with Gasteiger partial charge in [0.15, 0.2) is 0 Å². The van der Waals surface area contributed by atoms with Crippen molar-refractivity contribution in [2.45, 2.75) is 19.6 Å². The first-order valence-electron chi connectivity index (χ1n) is 8.97. The normalized spacial score (nSPS) is 16.7. The SMILES string of the molecule is CC(=O)NC[C@H]1CN(c2ccc(/C=C(\Br)c3ccc(CO)cc3)c(F)c2)C(=O)O1. The number of nitrogens with zero attached hydrogens (tertiary/aromatic N) is 1. The van der Waals surface area contributed by atoms with Crippen molar-refractivity contribution in [3.05, 3.63) is 65.0 Å². The largest absolute Gasteiger partial charge is 0.442 e. The maximum Gasteiger partial charge on any atom is 0.414 e. The molecule has 1 saturated heterocycles. The van der Waals surface area contributed by atoms with Crippen LogP contribution in [0.15, 0.2) is 42.5 Å². The van der Waals surface area contributed by atoms with Crippen molar-refractivity contribution in [2.75, 3.05) is 18.0 Å². The van der Waals surface area contributed by atoms with Crippen LogP contribution in [0.1, 0.15) is 23.6 Å². The van der Waals surface area contributed by atoms with E-state index < -0.39 is 18.0 Å². The summed E-state index contributed by atoms with van der Waals surface area (Å²) in [6.07, 6.45) is 0.591. The first kappa shape index (κ1) is 21.0. The molecule has 0 aliphatic carbocycles. The Morgan fingerprint density at radius 2 is 2.07 bits per heavy atom. The highest BCUT2D eigenvalue weighted by atomic mass is 79.9. The van der Waals surface area contributed by atoms with E-state index in [-0.39, 0.29) is 25.6 Å². The fraction of sp³-hybridized carbons (Fsp3) is 0.238. The van der Waals surface area contributed by atoms with Gasteiger partial charge in [0.1, 0.15) is 11.9 Å². The standard InChI is InChI=1S/C21H20BrFN2O4/c1-13(27)24-10-18-11-25(21(28)29-18)17-7-6-16(20(23)9-17)8-19(22)15-4-2-14(12-26)3-5-15/h2-9,18,26H,10-12H2,1H3,(H,24,27)/b19-8-/t18-/m0/s1. The minimum Gasteiger partial charge on any atom is -0.442 e. The molecule has 3 rings (SSSR count). The highest BCUT2D eigenvalue weighted by Crippen LogP contribution is 2.28. The van der Waals surface area contributed by atoms with E-state index in [0.29, 0.717) is 15.7 Å². The Labute approximate surface area is 176 Å². The van der Waals surface area contributed by atoms with Crippen molar-refractivity contribution < 1.29 is 23.8 Å². The minimum absolute atomic E-state index is 0.0394. The number of anilines is 1. The van der Waals surface area contributed by atoms with Crippen LogP contribution in [0.2, 0.25) is 0 Å². The van der Waals surface area contributed by atoms with Gasteiger partial charge in [-0.05, 0) is 35.4 Å². The summed E-state index contributed by atoms with van der Waals surface area (Å²) >= 11 is 3.45. The molecule has 0 saturated carbocycles. The molecular weight excluding hydrogens is 443 g/mol. The van der Waals surface area contributed by atoms with Crippen molar-refractivity contribution in [1.82, 2.24) is 5.32 Å². The van der Waals surface area contributed by atoms with Crippen LogP contribution in [0.5, 0.6) is 0 Å². The second kappa shape index (κ2) is 9.19. The van der Waals surface area contributed by atoms with Gasteiger partial charge in [0.25, 0.3) is 0 Å². The van der Waals surface area contributed by atoms with Crippen molar-refractivity contribution >= 4 is 44.2 Å². The van der Waals surface area contributed by atoms with Gasteiger partial charge in [-0.2, -0.15) is 0 Å². The summed E-state index contributed by atoms with van der Waals surface area (Å²) in [6.45, 7) is 1.79. The summed E-state index contributed by atoms with van der Waals surface area (Å²) in [7, 11) is 0. The molecule has 0 aromatic heterocycles. The number of hydrogen-bond acceptors (Lipinski definition) is 4. The molecule has 2 aromatic carbocycles. The van der Waals surface area contributed by atoms with Gasteiger partial charge in [0.05, 0.1) is 25.4 Å². The quantitative estimate of drug-likeness (QED) is 0.641. The van der Waals surface area contributed by atoms with Gasteiger partial charge in [-0.15, -0.1) is 0 Å². The minimum atomic E-state index is -0.576. The second-order valence-electron chi connectivity index (χ2n) is 6.61. The van der Waals surface area contributed by atoms with Crippen molar-refractivity contribution in [3.63, 3.8) is 0 Å². The Bertz CT molecular complexity index is 946. The lowest BCUT2D eigenvalue weighted by Gasteiger charge is -2.14. The fourth-order valence-corrected chi connectivity index (χ4v) is 3.40. The Hall–Kier alpha value is -2.71. The fourth-order valence-electron chi connectivity index (χ4n) is 2.89. The molecule has 1 aliphatic rings. The zero-order chi connectivity index (χ0) is 21.0. The molecule has 8 heteroatoms. The third-order valence-electron chi connectivity index (χ3n) is 4.44. The number of carbonyl (C=O) groups excluding carboxylic acids is 2. The van der Waals surface area contributed by atoms with Gasteiger partial charge in [-0.3, -0.25) is 9.69 Å².